The third-order valence-corrected chi connectivity index (χ3v) is 11.3. The molecular weight excluding hydrogens is 741 g/mol. The summed E-state index contributed by atoms with van der Waals surface area (Å²) in [6, 6.07) is 16.5. The van der Waals surface area contributed by atoms with Crippen molar-refractivity contribution in [2.24, 2.45) is 35.5 Å². The van der Waals surface area contributed by atoms with Gasteiger partial charge in [0.25, 0.3) is 0 Å². The minimum Gasteiger partial charge on any atom is -0.393 e. The highest BCUT2D eigenvalue weighted by molar-refractivity contribution is 6.00. The average Bonchev–Trinajstić information content (AvgIpc) is 3.22. The maximum Gasteiger partial charge on any atom is 0.223 e. The van der Waals surface area contributed by atoms with Crippen molar-refractivity contribution in [3.8, 4) is 0 Å². The van der Waals surface area contributed by atoms with Gasteiger partial charge < -0.3 is 31.1 Å². The summed E-state index contributed by atoms with van der Waals surface area (Å²) in [7, 11) is 0. The Balaban J connectivity index is 0.000000310. The van der Waals surface area contributed by atoms with Crippen LogP contribution < -0.4 is 10.6 Å². The summed E-state index contributed by atoms with van der Waals surface area (Å²) >= 11 is 0. The van der Waals surface area contributed by atoms with Crippen LogP contribution in [0.15, 0.2) is 60.7 Å². The molecule has 0 saturated heterocycles. The zero-order chi connectivity index (χ0) is 43.2. The van der Waals surface area contributed by atoms with Crippen molar-refractivity contribution >= 4 is 34.9 Å². The van der Waals surface area contributed by atoms with Gasteiger partial charge in [-0.3, -0.25) is 28.8 Å². The second kappa shape index (κ2) is 22.3. The zero-order valence-electron chi connectivity index (χ0n) is 35.1. The quantitative estimate of drug-likeness (QED) is 0.111. The van der Waals surface area contributed by atoms with Gasteiger partial charge in [0.2, 0.25) is 11.8 Å². The fourth-order valence-electron chi connectivity index (χ4n) is 7.90. The van der Waals surface area contributed by atoms with Crippen LogP contribution in [0.4, 0.5) is 0 Å². The van der Waals surface area contributed by atoms with E-state index < -0.39 is 48.1 Å². The highest BCUT2D eigenvalue weighted by atomic mass is 16.3. The molecule has 8 unspecified atom stereocenters. The number of aliphatic hydroxyl groups excluding tert-OH is 2. The highest BCUT2D eigenvalue weighted by Gasteiger charge is 2.40. The Labute approximate surface area is 343 Å². The monoisotopic (exact) mass is 806 g/mol. The van der Waals surface area contributed by atoms with Crippen LogP contribution in [0, 0.1) is 35.5 Å². The first kappa shape index (κ1) is 48.3. The van der Waals surface area contributed by atoms with Gasteiger partial charge >= 0.3 is 0 Å². The molecule has 2 amide bonds. The topological polar surface area (TPSA) is 207 Å². The maximum atomic E-state index is 12.9. The lowest BCUT2D eigenvalue weighted by Crippen LogP contribution is -2.54. The molecule has 12 nitrogen and oxygen atoms in total. The molecule has 8 atom stereocenters. The number of rotatable bonds is 18. The van der Waals surface area contributed by atoms with Crippen LogP contribution in [-0.4, -0.2) is 91.9 Å². The molecule has 0 aromatic heterocycles. The normalized spacial score (nSPS) is 22.6. The molecule has 2 saturated carbocycles. The smallest absolute Gasteiger partial charge is 0.223 e. The predicted octanol–water partition coefficient (Wildman–Crippen LogP) is 5.04. The molecule has 0 radical (unpaired) electrons. The summed E-state index contributed by atoms with van der Waals surface area (Å²) < 4.78 is 0. The molecule has 2 fully saturated rings. The number of hydrogen-bond donors (Lipinski definition) is 6. The van der Waals surface area contributed by atoms with E-state index in [-0.39, 0.29) is 58.9 Å². The molecule has 2 aliphatic carbocycles. The molecule has 0 heterocycles. The molecule has 0 bridgehead atoms. The first-order valence-electron chi connectivity index (χ1n) is 20.9. The van der Waals surface area contributed by atoms with E-state index in [1.54, 1.807) is 24.3 Å². The molecule has 0 spiro atoms. The fraction of sp³-hybridized carbons (Fsp3) is 0.609. The summed E-state index contributed by atoms with van der Waals surface area (Å²) in [6.07, 6.45) is 6.07. The zero-order valence-corrected chi connectivity index (χ0v) is 35.1. The third kappa shape index (κ3) is 14.0. The number of aliphatic hydroxyl groups is 4. The molecule has 58 heavy (non-hydrogen) atoms. The van der Waals surface area contributed by atoms with Gasteiger partial charge in [-0.15, -0.1) is 0 Å². The molecule has 4 rings (SSSR count). The van der Waals surface area contributed by atoms with Crippen LogP contribution in [0.2, 0.25) is 0 Å². The van der Waals surface area contributed by atoms with Crippen molar-refractivity contribution in [2.75, 3.05) is 13.2 Å². The fourth-order valence-corrected chi connectivity index (χ4v) is 7.90. The van der Waals surface area contributed by atoms with Gasteiger partial charge in [-0.1, -0.05) is 101 Å². The van der Waals surface area contributed by atoms with Crippen LogP contribution in [0.1, 0.15) is 126 Å². The number of hydrogen-bond acceptors (Lipinski definition) is 10. The SMILES string of the molecule is CC(C)CC(NC(=O)C1CCCC(C(=O)c2ccccc2)C1)C(=O)C(C)(O)CO.CC(C)CC(NC(=O)C1CCCC(C(=O)c2ccccc2)C1)C(=O)C(C)(O)CO. The van der Waals surface area contributed by atoms with Crippen molar-refractivity contribution in [2.45, 2.75) is 129 Å². The number of amides is 2. The Morgan fingerprint density at radius 1 is 0.569 bits per heavy atom. The van der Waals surface area contributed by atoms with Gasteiger partial charge in [0.15, 0.2) is 23.1 Å². The van der Waals surface area contributed by atoms with Crippen molar-refractivity contribution in [3.63, 3.8) is 0 Å². The third-order valence-electron chi connectivity index (χ3n) is 11.3. The van der Waals surface area contributed by atoms with E-state index in [0.29, 0.717) is 49.7 Å². The number of nitrogens with one attached hydrogen (secondary N) is 2. The van der Waals surface area contributed by atoms with Gasteiger partial charge in [-0.05, 0) is 77.0 Å². The van der Waals surface area contributed by atoms with Gasteiger partial charge in [-0.25, -0.2) is 0 Å². The number of ketones is 4. The summed E-state index contributed by atoms with van der Waals surface area (Å²) in [5.41, 5.74) is -2.48. The summed E-state index contributed by atoms with van der Waals surface area (Å²) in [5, 5.41) is 44.5. The molecular formula is C46H66N2O10. The molecule has 2 aliphatic rings. The Bertz CT molecular complexity index is 1550. The largest absolute Gasteiger partial charge is 0.393 e. The van der Waals surface area contributed by atoms with E-state index in [1.165, 1.54) is 13.8 Å². The lowest BCUT2D eigenvalue weighted by atomic mass is 9.77. The van der Waals surface area contributed by atoms with Crippen molar-refractivity contribution in [1.82, 2.24) is 10.6 Å². The van der Waals surface area contributed by atoms with E-state index in [1.807, 2.05) is 64.1 Å². The highest BCUT2D eigenvalue weighted by Crippen LogP contribution is 2.33. The molecule has 6 N–H and O–H groups in total. The Kier molecular flexibility index (Phi) is 18.6. The molecule has 320 valence electrons. The van der Waals surface area contributed by atoms with Gasteiger partial charge in [0.1, 0.15) is 11.2 Å². The van der Waals surface area contributed by atoms with E-state index in [4.69, 9.17) is 0 Å². The molecule has 2 aromatic rings. The lowest BCUT2D eigenvalue weighted by Gasteiger charge is -2.31. The van der Waals surface area contributed by atoms with Crippen molar-refractivity contribution < 1.29 is 49.2 Å². The van der Waals surface area contributed by atoms with Crippen LogP contribution in [-0.2, 0) is 19.2 Å². The molecule has 0 aliphatic heterocycles. The standard InChI is InChI=1S/2C23H33NO5/c2*1-15(2)12-19(21(27)23(3,29)14-25)24-22(28)18-11-7-10-17(13-18)20(26)16-8-5-4-6-9-16/h2*4-6,8-9,15,17-19,25,29H,7,10-14H2,1-3H3,(H,24,28). The van der Waals surface area contributed by atoms with Gasteiger partial charge in [0.05, 0.1) is 25.3 Å². The van der Waals surface area contributed by atoms with E-state index >= 15 is 0 Å². The maximum absolute atomic E-state index is 12.9. The first-order chi connectivity index (χ1) is 27.3. The summed E-state index contributed by atoms with van der Waals surface area (Å²) in [5.74, 6) is -2.44. The Morgan fingerprint density at radius 2 is 0.879 bits per heavy atom. The van der Waals surface area contributed by atoms with Crippen LogP contribution in [0.3, 0.4) is 0 Å². The van der Waals surface area contributed by atoms with Gasteiger partial charge in [-0.2, -0.15) is 0 Å². The van der Waals surface area contributed by atoms with Gasteiger partial charge in [0, 0.05) is 34.8 Å². The van der Waals surface area contributed by atoms with Crippen molar-refractivity contribution in [3.05, 3.63) is 71.8 Å². The molecule has 2 aromatic carbocycles. The van der Waals surface area contributed by atoms with Crippen LogP contribution in [0.25, 0.3) is 0 Å². The second-order valence-corrected chi connectivity index (χ2v) is 17.6. The Hall–Kier alpha value is -4.10. The van der Waals surface area contributed by atoms with E-state index in [9.17, 15) is 49.2 Å². The number of Topliss-reactive ketones (excluding diaryl/α,β-unsaturated/α-hetero) is 4. The summed E-state index contributed by atoms with van der Waals surface area (Å²) in [6.45, 7) is 8.81. The minimum atomic E-state index is -1.90. The average molecular weight is 807 g/mol. The van der Waals surface area contributed by atoms with E-state index in [2.05, 4.69) is 10.6 Å². The van der Waals surface area contributed by atoms with Crippen LogP contribution in [0.5, 0.6) is 0 Å². The predicted molar refractivity (Wildman–Crippen MR) is 221 cm³/mol. The van der Waals surface area contributed by atoms with Crippen LogP contribution >= 0.6 is 0 Å². The van der Waals surface area contributed by atoms with Crippen molar-refractivity contribution in [1.29, 1.82) is 0 Å². The summed E-state index contributed by atoms with van der Waals surface area (Å²) in [4.78, 5) is 76.6. The minimum absolute atomic E-state index is 0.0566. The lowest BCUT2D eigenvalue weighted by molar-refractivity contribution is -0.144. The Morgan fingerprint density at radius 3 is 1.17 bits per heavy atom. The number of carbonyl (C=O) groups is 6. The number of carbonyl (C=O) groups excluding carboxylic acids is 6. The molecule has 12 heteroatoms. The van der Waals surface area contributed by atoms with E-state index in [0.717, 1.165) is 25.7 Å². The number of benzene rings is 2. The first-order valence-corrected chi connectivity index (χ1v) is 20.9. The second-order valence-electron chi connectivity index (χ2n) is 17.6.